The number of hydrogen-bond acceptors (Lipinski definition) is 2. The molecule has 0 saturated heterocycles. The van der Waals surface area contributed by atoms with E-state index in [9.17, 15) is 4.39 Å². The summed E-state index contributed by atoms with van der Waals surface area (Å²) < 4.78 is 18.7. The summed E-state index contributed by atoms with van der Waals surface area (Å²) in [5, 5.41) is 3.54. The molecule has 2 nitrogen and oxygen atoms in total. The third kappa shape index (κ3) is 2.82. The molecule has 0 amide bonds. The molecular weight excluding hydrogens is 308 g/mol. The molecule has 1 aromatic heterocycles. The number of furan rings is 1. The van der Waals surface area contributed by atoms with Gasteiger partial charge in [0.2, 0.25) is 0 Å². The lowest BCUT2D eigenvalue weighted by Crippen LogP contribution is -2.06. The van der Waals surface area contributed by atoms with Gasteiger partial charge < -0.3 is 9.73 Å². The summed E-state index contributed by atoms with van der Waals surface area (Å²) in [6, 6.07) is 4.53. The van der Waals surface area contributed by atoms with Gasteiger partial charge in [-0.3, -0.25) is 0 Å². The van der Waals surface area contributed by atoms with Crippen molar-refractivity contribution in [2.75, 3.05) is 5.32 Å². The molecule has 0 bridgehead atoms. The van der Waals surface area contributed by atoms with Crippen molar-refractivity contribution in [3.05, 3.63) is 51.6 Å². The van der Waals surface area contributed by atoms with Crippen LogP contribution in [-0.2, 0) is 0 Å². The maximum Gasteiger partial charge on any atom is 0.125 e. The molecule has 0 saturated carbocycles. The molecule has 17 heavy (non-hydrogen) atoms. The summed E-state index contributed by atoms with van der Waals surface area (Å²) in [5.41, 5.74) is 1.67. The number of hydrogen-bond donors (Lipinski definition) is 1. The van der Waals surface area contributed by atoms with E-state index < -0.39 is 0 Å². The van der Waals surface area contributed by atoms with Crippen LogP contribution < -0.4 is 5.32 Å². The van der Waals surface area contributed by atoms with Crippen LogP contribution in [0.4, 0.5) is 10.1 Å². The SMILES string of the molecule is CC(Nc1c(Cl)cc(F)cc1Br)c1ccoc1. The summed E-state index contributed by atoms with van der Waals surface area (Å²) >= 11 is 9.26. The van der Waals surface area contributed by atoms with Crippen LogP contribution in [0.15, 0.2) is 39.6 Å². The Labute approximate surface area is 112 Å². The molecule has 1 heterocycles. The van der Waals surface area contributed by atoms with Gasteiger partial charge in [-0.15, -0.1) is 0 Å². The Morgan fingerprint density at radius 2 is 2.24 bits per heavy atom. The maximum absolute atomic E-state index is 13.1. The molecule has 0 aliphatic carbocycles. The second-order valence-corrected chi connectivity index (χ2v) is 4.93. The molecule has 0 aliphatic rings. The fraction of sp³-hybridized carbons (Fsp3) is 0.167. The van der Waals surface area contributed by atoms with Gasteiger partial charge in [-0.1, -0.05) is 11.6 Å². The molecule has 0 aliphatic heterocycles. The van der Waals surface area contributed by atoms with Crippen molar-refractivity contribution in [2.45, 2.75) is 13.0 Å². The fourth-order valence-corrected chi connectivity index (χ4v) is 2.42. The van der Waals surface area contributed by atoms with Crippen LogP contribution in [0.5, 0.6) is 0 Å². The zero-order chi connectivity index (χ0) is 12.4. The predicted octanol–water partition coefficient (Wildman–Crippen LogP) is 5.01. The Balaban J connectivity index is 2.25. The third-order valence-corrected chi connectivity index (χ3v) is 3.33. The van der Waals surface area contributed by atoms with Gasteiger partial charge in [-0.25, -0.2) is 4.39 Å². The molecule has 1 aromatic carbocycles. The topological polar surface area (TPSA) is 25.2 Å². The van der Waals surface area contributed by atoms with E-state index in [0.29, 0.717) is 15.2 Å². The first-order chi connectivity index (χ1) is 8.08. The molecule has 5 heteroatoms. The molecule has 2 aromatic rings. The highest BCUT2D eigenvalue weighted by atomic mass is 79.9. The van der Waals surface area contributed by atoms with Gasteiger partial charge in [0.15, 0.2) is 0 Å². The number of nitrogens with one attached hydrogen (secondary N) is 1. The van der Waals surface area contributed by atoms with E-state index in [2.05, 4.69) is 21.2 Å². The van der Waals surface area contributed by atoms with E-state index in [1.807, 2.05) is 13.0 Å². The van der Waals surface area contributed by atoms with Crippen molar-refractivity contribution >= 4 is 33.2 Å². The van der Waals surface area contributed by atoms with Gasteiger partial charge in [0.25, 0.3) is 0 Å². The van der Waals surface area contributed by atoms with Crippen LogP contribution in [0.25, 0.3) is 0 Å². The lowest BCUT2D eigenvalue weighted by Gasteiger charge is -2.16. The average Bonchev–Trinajstić information content (AvgIpc) is 2.76. The smallest absolute Gasteiger partial charge is 0.125 e. The highest BCUT2D eigenvalue weighted by Gasteiger charge is 2.12. The number of benzene rings is 1. The first-order valence-corrected chi connectivity index (χ1v) is 6.18. The first kappa shape index (κ1) is 12.5. The molecule has 1 N–H and O–H groups in total. The highest BCUT2D eigenvalue weighted by molar-refractivity contribution is 9.10. The summed E-state index contributed by atoms with van der Waals surface area (Å²) in [5.74, 6) is -0.372. The number of rotatable bonds is 3. The van der Waals surface area contributed by atoms with E-state index in [4.69, 9.17) is 16.0 Å². The van der Waals surface area contributed by atoms with E-state index in [0.717, 1.165) is 5.56 Å². The molecule has 1 atom stereocenters. The van der Waals surface area contributed by atoms with Crippen molar-refractivity contribution in [3.63, 3.8) is 0 Å². The Bertz CT molecular complexity index is 492. The standard InChI is InChI=1S/C12H10BrClFNO/c1-7(8-2-3-17-6-8)16-12-10(13)4-9(15)5-11(12)14/h2-7,16H,1H3. The van der Waals surface area contributed by atoms with Crippen molar-refractivity contribution in [1.82, 2.24) is 0 Å². The van der Waals surface area contributed by atoms with Gasteiger partial charge in [0.1, 0.15) is 5.82 Å². The third-order valence-electron chi connectivity index (χ3n) is 2.41. The Morgan fingerprint density at radius 3 is 2.82 bits per heavy atom. The zero-order valence-corrected chi connectivity index (χ0v) is 11.3. The van der Waals surface area contributed by atoms with Crippen LogP contribution in [0.3, 0.4) is 0 Å². The van der Waals surface area contributed by atoms with Crippen molar-refractivity contribution in [1.29, 1.82) is 0 Å². The second kappa shape index (κ2) is 5.10. The molecule has 0 fully saturated rings. The van der Waals surface area contributed by atoms with Crippen molar-refractivity contribution < 1.29 is 8.81 Å². The quantitative estimate of drug-likeness (QED) is 0.860. The van der Waals surface area contributed by atoms with E-state index in [1.54, 1.807) is 12.5 Å². The summed E-state index contributed by atoms with van der Waals surface area (Å²) in [6.45, 7) is 1.97. The minimum atomic E-state index is -0.372. The molecule has 2 rings (SSSR count). The maximum atomic E-state index is 13.1. The minimum Gasteiger partial charge on any atom is -0.472 e. The fourth-order valence-electron chi connectivity index (χ4n) is 1.50. The van der Waals surface area contributed by atoms with Crippen molar-refractivity contribution in [3.8, 4) is 0 Å². The average molecular weight is 319 g/mol. The number of anilines is 1. The van der Waals surface area contributed by atoms with Crippen molar-refractivity contribution in [2.24, 2.45) is 0 Å². The molecule has 1 unspecified atom stereocenters. The van der Waals surface area contributed by atoms with Crippen LogP contribution in [0.1, 0.15) is 18.5 Å². The van der Waals surface area contributed by atoms with Gasteiger partial charge >= 0.3 is 0 Å². The molecule has 90 valence electrons. The summed E-state index contributed by atoms with van der Waals surface area (Å²) in [6.07, 6.45) is 3.26. The lowest BCUT2D eigenvalue weighted by atomic mass is 10.1. The normalized spacial score (nSPS) is 12.5. The Kier molecular flexibility index (Phi) is 3.74. The summed E-state index contributed by atoms with van der Waals surface area (Å²) in [4.78, 5) is 0. The van der Waals surface area contributed by atoms with Gasteiger partial charge in [-0.2, -0.15) is 0 Å². The van der Waals surface area contributed by atoms with E-state index in [-0.39, 0.29) is 11.9 Å². The minimum absolute atomic E-state index is 0.0213. The van der Waals surface area contributed by atoms with E-state index >= 15 is 0 Å². The number of halogens is 3. The molecule has 0 spiro atoms. The zero-order valence-electron chi connectivity index (χ0n) is 9.01. The van der Waals surface area contributed by atoms with Gasteiger partial charge in [0, 0.05) is 10.0 Å². The Morgan fingerprint density at radius 1 is 1.47 bits per heavy atom. The lowest BCUT2D eigenvalue weighted by molar-refractivity contribution is 0.562. The van der Waals surface area contributed by atoms with E-state index in [1.165, 1.54) is 12.1 Å². The van der Waals surface area contributed by atoms with Crippen LogP contribution >= 0.6 is 27.5 Å². The Hall–Kier alpha value is -1.00. The summed E-state index contributed by atoms with van der Waals surface area (Å²) in [7, 11) is 0. The van der Waals surface area contributed by atoms with Gasteiger partial charge in [-0.05, 0) is 41.1 Å². The van der Waals surface area contributed by atoms with Crippen LogP contribution in [0.2, 0.25) is 5.02 Å². The molecular formula is C12H10BrClFNO. The monoisotopic (exact) mass is 317 g/mol. The predicted molar refractivity (Wildman–Crippen MR) is 69.9 cm³/mol. The highest BCUT2D eigenvalue weighted by Crippen LogP contribution is 2.34. The van der Waals surface area contributed by atoms with Crippen LogP contribution in [0, 0.1) is 5.82 Å². The molecule has 0 radical (unpaired) electrons. The first-order valence-electron chi connectivity index (χ1n) is 5.01. The van der Waals surface area contributed by atoms with Crippen LogP contribution in [-0.4, -0.2) is 0 Å². The van der Waals surface area contributed by atoms with Gasteiger partial charge in [0.05, 0.1) is 29.3 Å². The largest absolute Gasteiger partial charge is 0.472 e. The second-order valence-electron chi connectivity index (χ2n) is 3.67.